The molecule has 4 N–H and O–H groups in total. The molecule has 2 aromatic heterocycles. The first kappa shape index (κ1) is 46.2. The molecule has 0 saturated carbocycles. The third-order valence-electron chi connectivity index (χ3n) is 9.82. The Hall–Kier alpha value is -4.45. The standard InChI is InChI=1S/C24H34ClN5O2.C20H23Cl2NO3/c1-6-7-8-9-10-20(32-19-12-11-15(2)13-16(19)3)24(31)26-14-17(4)22-27-23-21(25)18(5)28-30(23)29-22;1-5-13-14(21)10-15(19(24)18(13)22)23-20(25)16(6-2)26-17-8-7-11(3)9-12(17)4/h11-13,17,20,28H,6-10,14H2,1-5H3,(H,26,31);7-10,16,24H,5-6H2,1-4H3,(H,23,25). The lowest BCUT2D eigenvalue weighted by Gasteiger charge is -2.21. The first-order chi connectivity index (χ1) is 27.6. The zero-order chi connectivity index (χ0) is 42.7. The van der Waals surface area contributed by atoms with E-state index in [1.807, 2.05) is 85.7 Å². The molecule has 0 aliphatic rings. The van der Waals surface area contributed by atoms with Gasteiger partial charge in [-0.05, 0) is 95.2 Å². The van der Waals surface area contributed by atoms with Crippen molar-refractivity contribution in [3.8, 4) is 17.2 Å². The number of aryl methyl sites for hydroxylation is 5. The molecule has 0 spiro atoms. The lowest BCUT2D eigenvalue weighted by molar-refractivity contribution is -0.128. The summed E-state index contributed by atoms with van der Waals surface area (Å²) in [6, 6.07) is 13.3. The fourth-order valence-corrected chi connectivity index (χ4v) is 7.25. The van der Waals surface area contributed by atoms with E-state index in [1.165, 1.54) is 11.6 Å². The fraction of sp³-hybridized carbons (Fsp3) is 0.455. The van der Waals surface area contributed by atoms with Crippen LogP contribution < -0.4 is 20.1 Å². The molecular formula is C44H57Cl3N6O5. The summed E-state index contributed by atoms with van der Waals surface area (Å²) >= 11 is 18.6. The average Bonchev–Trinajstić information content (AvgIpc) is 3.72. The van der Waals surface area contributed by atoms with Crippen LogP contribution in [0.25, 0.3) is 5.65 Å². The van der Waals surface area contributed by atoms with Crippen molar-refractivity contribution in [1.82, 2.24) is 25.1 Å². The van der Waals surface area contributed by atoms with Gasteiger partial charge in [-0.15, -0.1) is 5.10 Å². The van der Waals surface area contributed by atoms with Gasteiger partial charge in [0.2, 0.25) is 0 Å². The highest BCUT2D eigenvalue weighted by atomic mass is 35.5. The predicted octanol–water partition coefficient (Wildman–Crippen LogP) is 10.9. The monoisotopic (exact) mass is 854 g/mol. The smallest absolute Gasteiger partial charge is 0.265 e. The molecule has 314 valence electrons. The molecule has 5 rings (SSSR count). The van der Waals surface area contributed by atoms with Gasteiger partial charge < -0.3 is 25.2 Å². The van der Waals surface area contributed by atoms with Gasteiger partial charge in [-0.25, -0.2) is 4.98 Å². The molecule has 0 radical (unpaired) electrons. The van der Waals surface area contributed by atoms with Crippen LogP contribution in [0.1, 0.15) is 111 Å². The molecule has 0 saturated heterocycles. The second kappa shape index (κ2) is 21.5. The summed E-state index contributed by atoms with van der Waals surface area (Å²) in [6.45, 7) is 18.2. The van der Waals surface area contributed by atoms with Gasteiger partial charge in [-0.3, -0.25) is 14.7 Å². The number of phenolic OH excluding ortho intramolecular Hbond substituents is 1. The first-order valence-corrected chi connectivity index (χ1v) is 21.1. The second-order valence-electron chi connectivity index (χ2n) is 14.8. The van der Waals surface area contributed by atoms with Crippen molar-refractivity contribution in [3.05, 3.63) is 96.9 Å². The highest BCUT2D eigenvalue weighted by Crippen LogP contribution is 2.40. The number of fused-ring (bicyclic) bond motifs is 1. The maximum atomic E-state index is 13.0. The number of aromatic hydroxyl groups is 1. The van der Waals surface area contributed by atoms with Crippen LogP contribution in [-0.4, -0.2) is 55.5 Å². The molecule has 0 aliphatic heterocycles. The van der Waals surface area contributed by atoms with E-state index in [2.05, 4.69) is 38.8 Å². The second-order valence-corrected chi connectivity index (χ2v) is 16.0. The normalized spacial score (nSPS) is 12.7. The number of amides is 2. The van der Waals surface area contributed by atoms with E-state index in [4.69, 9.17) is 44.3 Å². The fourth-order valence-electron chi connectivity index (χ4n) is 6.36. The number of nitrogens with one attached hydrogen (secondary N) is 3. The molecule has 3 atom stereocenters. The number of phenols is 1. The minimum Gasteiger partial charge on any atom is -0.504 e. The largest absolute Gasteiger partial charge is 0.504 e. The van der Waals surface area contributed by atoms with Crippen LogP contribution in [0.5, 0.6) is 17.2 Å². The molecule has 11 nitrogen and oxygen atoms in total. The molecule has 0 bridgehead atoms. The SMILES string of the molecule is CCCCCCC(Oc1ccc(C)cc1C)C(=O)NCC(C)c1nc2c(Cl)c(C)[nH]n2n1.CCc1c(Cl)cc(NC(=O)C(CC)Oc2ccc(C)cc2C)c(O)c1Cl. The van der Waals surface area contributed by atoms with E-state index in [-0.39, 0.29) is 34.2 Å². The third kappa shape index (κ3) is 12.1. The van der Waals surface area contributed by atoms with Crippen molar-refractivity contribution in [3.63, 3.8) is 0 Å². The Morgan fingerprint density at radius 3 is 2.02 bits per heavy atom. The maximum absolute atomic E-state index is 13.0. The molecular weight excluding hydrogens is 799 g/mol. The van der Waals surface area contributed by atoms with Crippen molar-refractivity contribution in [1.29, 1.82) is 0 Å². The van der Waals surface area contributed by atoms with E-state index in [1.54, 1.807) is 4.63 Å². The molecule has 2 amide bonds. The number of anilines is 1. The van der Waals surface area contributed by atoms with Gasteiger partial charge in [0.1, 0.15) is 16.5 Å². The number of halogens is 3. The number of aromatic nitrogens is 4. The zero-order valence-electron chi connectivity index (χ0n) is 35.0. The number of carbonyl (C=O) groups is 2. The quantitative estimate of drug-likeness (QED) is 0.0539. The summed E-state index contributed by atoms with van der Waals surface area (Å²) in [5, 5.41) is 24.6. The average molecular weight is 856 g/mol. The van der Waals surface area contributed by atoms with Crippen molar-refractivity contribution >= 4 is 58.0 Å². The van der Waals surface area contributed by atoms with Gasteiger partial charge in [0.05, 0.1) is 16.4 Å². The summed E-state index contributed by atoms with van der Waals surface area (Å²) < 4.78 is 13.6. The molecule has 5 aromatic rings. The Morgan fingerprint density at radius 1 is 0.845 bits per heavy atom. The third-order valence-corrected chi connectivity index (χ3v) is 11.0. The van der Waals surface area contributed by atoms with Gasteiger partial charge >= 0.3 is 0 Å². The number of H-pyrrole nitrogens is 1. The van der Waals surface area contributed by atoms with Crippen LogP contribution in [0.3, 0.4) is 0 Å². The number of hydrogen-bond donors (Lipinski definition) is 4. The van der Waals surface area contributed by atoms with E-state index in [9.17, 15) is 14.7 Å². The molecule has 0 fully saturated rings. The molecule has 58 heavy (non-hydrogen) atoms. The van der Waals surface area contributed by atoms with E-state index >= 15 is 0 Å². The van der Waals surface area contributed by atoms with Crippen molar-refractivity contribution < 1.29 is 24.2 Å². The number of carbonyl (C=O) groups excluding carboxylic acids is 2. The number of nitrogens with zero attached hydrogens (tertiary/aromatic N) is 3. The summed E-state index contributed by atoms with van der Waals surface area (Å²) in [6.07, 6.45) is 4.86. The first-order valence-electron chi connectivity index (χ1n) is 19.9. The van der Waals surface area contributed by atoms with Crippen LogP contribution in [0, 0.1) is 34.6 Å². The number of aromatic amines is 1. The number of unbranched alkanes of at least 4 members (excludes halogenated alkanes) is 3. The lowest BCUT2D eigenvalue weighted by atomic mass is 10.1. The summed E-state index contributed by atoms with van der Waals surface area (Å²) in [7, 11) is 0. The van der Waals surface area contributed by atoms with Crippen molar-refractivity contribution in [2.45, 2.75) is 125 Å². The van der Waals surface area contributed by atoms with E-state index < -0.39 is 12.2 Å². The van der Waals surface area contributed by atoms with Crippen LogP contribution in [-0.2, 0) is 16.0 Å². The van der Waals surface area contributed by atoms with Crippen molar-refractivity contribution in [2.24, 2.45) is 0 Å². The van der Waals surface area contributed by atoms with Crippen LogP contribution in [0.4, 0.5) is 5.69 Å². The number of rotatable bonds is 17. The predicted molar refractivity (Wildman–Crippen MR) is 234 cm³/mol. The van der Waals surface area contributed by atoms with E-state index in [0.29, 0.717) is 58.6 Å². The van der Waals surface area contributed by atoms with Gasteiger partial charge in [-0.2, -0.15) is 4.63 Å². The zero-order valence-corrected chi connectivity index (χ0v) is 37.3. The number of hydrogen-bond acceptors (Lipinski definition) is 7. The minimum atomic E-state index is -0.709. The topological polar surface area (TPSA) is 143 Å². The van der Waals surface area contributed by atoms with Gasteiger partial charge in [0, 0.05) is 17.5 Å². The Morgan fingerprint density at radius 2 is 1.47 bits per heavy atom. The Balaban J connectivity index is 0.000000262. The Bertz CT molecular complexity index is 2180. The summed E-state index contributed by atoms with van der Waals surface area (Å²) in [5.74, 6) is 1.31. The molecule has 2 heterocycles. The summed E-state index contributed by atoms with van der Waals surface area (Å²) in [5.41, 5.74) is 6.52. The molecule has 3 unspecified atom stereocenters. The van der Waals surface area contributed by atoms with Crippen LogP contribution in [0.2, 0.25) is 15.1 Å². The van der Waals surface area contributed by atoms with Crippen LogP contribution >= 0.6 is 34.8 Å². The van der Waals surface area contributed by atoms with Gasteiger partial charge in [0.15, 0.2) is 29.4 Å². The van der Waals surface area contributed by atoms with Crippen LogP contribution in [0.15, 0.2) is 42.5 Å². The molecule has 3 aromatic carbocycles. The minimum absolute atomic E-state index is 0.0644. The highest BCUT2D eigenvalue weighted by molar-refractivity contribution is 6.37. The Kier molecular flexibility index (Phi) is 17.2. The highest BCUT2D eigenvalue weighted by Gasteiger charge is 2.25. The van der Waals surface area contributed by atoms with E-state index in [0.717, 1.165) is 53.8 Å². The Labute approximate surface area is 357 Å². The van der Waals surface area contributed by atoms with Gasteiger partial charge in [0.25, 0.3) is 11.8 Å². The molecule has 14 heteroatoms. The maximum Gasteiger partial charge on any atom is 0.265 e. The number of benzene rings is 3. The van der Waals surface area contributed by atoms with Crippen molar-refractivity contribution in [2.75, 3.05) is 11.9 Å². The lowest BCUT2D eigenvalue weighted by Crippen LogP contribution is -2.40. The van der Waals surface area contributed by atoms with Gasteiger partial charge in [-0.1, -0.05) is 117 Å². The molecule has 0 aliphatic carbocycles. The number of ether oxygens (including phenoxy) is 2. The summed E-state index contributed by atoms with van der Waals surface area (Å²) in [4.78, 5) is 30.2.